The molecule has 9 nitrogen and oxygen atoms in total. The number of benzene rings is 1. The molecule has 0 amide bonds. The lowest BCUT2D eigenvalue weighted by molar-refractivity contribution is 0.0307. The first-order valence-corrected chi connectivity index (χ1v) is 12.5. The van der Waals surface area contributed by atoms with Crippen LogP contribution in [0.3, 0.4) is 0 Å². The highest BCUT2D eigenvalue weighted by Gasteiger charge is 2.36. The van der Waals surface area contributed by atoms with E-state index in [4.69, 9.17) is 0 Å². The Morgan fingerprint density at radius 1 is 1.14 bits per heavy atom. The molecular formula is C27H32N8O. The summed E-state index contributed by atoms with van der Waals surface area (Å²) < 4.78 is 0. The van der Waals surface area contributed by atoms with Crippen molar-refractivity contribution in [2.24, 2.45) is 0 Å². The summed E-state index contributed by atoms with van der Waals surface area (Å²) in [6, 6.07) is 14.7. The van der Waals surface area contributed by atoms with Crippen LogP contribution in [0.25, 0.3) is 0 Å². The highest BCUT2D eigenvalue weighted by molar-refractivity contribution is 5.64. The number of nitrogens with zero attached hydrogens (tertiary/aromatic N) is 6. The number of likely N-dealkylation sites (N-methyl/N-ethyl adjacent to an activating group) is 1. The van der Waals surface area contributed by atoms with E-state index in [1.54, 1.807) is 0 Å². The van der Waals surface area contributed by atoms with E-state index >= 15 is 0 Å². The molecule has 1 aromatic carbocycles. The zero-order valence-corrected chi connectivity index (χ0v) is 21.0. The molecule has 2 unspecified atom stereocenters. The first-order chi connectivity index (χ1) is 17.4. The van der Waals surface area contributed by atoms with Gasteiger partial charge in [0, 0.05) is 37.1 Å². The van der Waals surface area contributed by atoms with E-state index in [0.717, 1.165) is 37.3 Å². The first kappa shape index (κ1) is 24.0. The van der Waals surface area contributed by atoms with Crippen molar-refractivity contribution >= 4 is 29.0 Å². The summed E-state index contributed by atoms with van der Waals surface area (Å²) in [5.41, 5.74) is 3.23. The summed E-state index contributed by atoms with van der Waals surface area (Å²) in [5, 5.41) is 26.9. The summed E-state index contributed by atoms with van der Waals surface area (Å²) >= 11 is 0. The number of rotatable bonds is 6. The van der Waals surface area contributed by atoms with Gasteiger partial charge in [0.1, 0.15) is 23.1 Å². The fraction of sp³-hybridized carbons (Fsp3) is 0.407. The van der Waals surface area contributed by atoms with E-state index in [9.17, 15) is 10.4 Å². The van der Waals surface area contributed by atoms with Crippen LogP contribution in [0.5, 0.6) is 0 Å². The predicted octanol–water partition coefficient (Wildman–Crippen LogP) is 3.91. The minimum Gasteiger partial charge on any atom is -0.384 e. The second-order valence-electron chi connectivity index (χ2n) is 9.73. The number of pyridine rings is 1. The smallest absolute Gasteiger partial charge is 0.229 e. The summed E-state index contributed by atoms with van der Waals surface area (Å²) in [7, 11) is 2.17. The number of aliphatic hydroxyl groups is 1. The molecule has 186 valence electrons. The molecule has 0 spiro atoms. The van der Waals surface area contributed by atoms with Crippen molar-refractivity contribution in [3.63, 3.8) is 0 Å². The predicted molar refractivity (Wildman–Crippen MR) is 141 cm³/mol. The largest absolute Gasteiger partial charge is 0.384 e. The second kappa shape index (κ2) is 9.72. The van der Waals surface area contributed by atoms with E-state index in [1.165, 1.54) is 11.9 Å². The molecular weight excluding hydrogens is 452 g/mol. The van der Waals surface area contributed by atoms with Gasteiger partial charge in [0.2, 0.25) is 5.95 Å². The first-order valence-electron chi connectivity index (χ1n) is 12.5. The van der Waals surface area contributed by atoms with Gasteiger partial charge >= 0.3 is 0 Å². The fourth-order valence-corrected chi connectivity index (χ4v) is 4.87. The van der Waals surface area contributed by atoms with Crippen LogP contribution in [0, 0.1) is 11.3 Å². The van der Waals surface area contributed by atoms with E-state index in [0.29, 0.717) is 47.7 Å². The monoisotopic (exact) mass is 484 g/mol. The lowest BCUT2D eigenvalue weighted by Gasteiger charge is -2.39. The normalized spacial score (nSPS) is 21.6. The number of anilines is 5. The third-order valence-corrected chi connectivity index (χ3v) is 7.42. The third-order valence-electron chi connectivity index (χ3n) is 7.42. The summed E-state index contributed by atoms with van der Waals surface area (Å²) in [6.07, 6.45) is 3.58. The summed E-state index contributed by atoms with van der Waals surface area (Å²) in [5.74, 6) is 1.28. The molecule has 0 radical (unpaired) electrons. The number of aryl methyl sites for hydroxylation is 1. The molecule has 1 aliphatic carbocycles. The van der Waals surface area contributed by atoms with Gasteiger partial charge in [-0.3, -0.25) is 0 Å². The molecule has 3 heterocycles. The van der Waals surface area contributed by atoms with Gasteiger partial charge < -0.3 is 25.5 Å². The van der Waals surface area contributed by atoms with Crippen LogP contribution in [0.1, 0.15) is 43.5 Å². The molecule has 36 heavy (non-hydrogen) atoms. The fourth-order valence-electron chi connectivity index (χ4n) is 4.87. The molecule has 2 aromatic heterocycles. The minimum atomic E-state index is -0.905. The van der Waals surface area contributed by atoms with Gasteiger partial charge in [-0.05, 0) is 69.1 Å². The number of piperazine rings is 1. The Kier molecular flexibility index (Phi) is 6.48. The summed E-state index contributed by atoms with van der Waals surface area (Å²) in [4.78, 5) is 18.3. The van der Waals surface area contributed by atoms with Crippen molar-refractivity contribution in [2.45, 2.75) is 44.8 Å². The Balaban J connectivity index is 1.32. The SMILES string of the molecule is CCC1(O)CCc2ccc(Nc3nc(Nc4ccc(N5CCN(C)C(C)C5)cc4)ncc3C#N)nc21. The molecule has 3 N–H and O–H groups in total. The Bertz CT molecular complexity index is 1290. The van der Waals surface area contributed by atoms with E-state index in [-0.39, 0.29) is 0 Å². The lowest BCUT2D eigenvalue weighted by atomic mass is 9.98. The molecule has 1 aliphatic heterocycles. The molecule has 0 bridgehead atoms. The van der Waals surface area contributed by atoms with Crippen molar-refractivity contribution < 1.29 is 5.11 Å². The third kappa shape index (κ3) is 4.70. The molecule has 3 aromatic rings. The Hall–Kier alpha value is -3.74. The molecule has 0 saturated carbocycles. The van der Waals surface area contributed by atoms with Crippen molar-refractivity contribution in [1.29, 1.82) is 5.26 Å². The molecule has 2 aliphatic rings. The number of nitriles is 1. The average Bonchev–Trinajstić information content (AvgIpc) is 3.23. The van der Waals surface area contributed by atoms with E-state index in [1.807, 2.05) is 31.2 Å². The van der Waals surface area contributed by atoms with Crippen molar-refractivity contribution in [3.8, 4) is 6.07 Å². The van der Waals surface area contributed by atoms with Gasteiger partial charge in [-0.25, -0.2) is 9.97 Å². The Labute approximate surface area is 211 Å². The minimum absolute atomic E-state index is 0.313. The maximum absolute atomic E-state index is 10.9. The number of nitrogens with one attached hydrogen (secondary N) is 2. The number of hydrogen-bond acceptors (Lipinski definition) is 9. The molecule has 1 saturated heterocycles. The number of aromatic nitrogens is 3. The van der Waals surface area contributed by atoms with Crippen molar-refractivity contribution in [3.05, 3.63) is 59.4 Å². The van der Waals surface area contributed by atoms with Crippen LogP contribution in [0.2, 0.25) is 0 Å². The van der Waals surface area contributed by atoms with Gasteiger partial charge in [0.25, 0.3) is 0 Å². The van der Waals surface area contributed by atoms with E-state index < -0.39 is 5.60 Å². The standard InChI is InChI=1S/C27H32N8O/c1-4-27(36)12-11-19-5-10-23(31-24(19)27)32-25-20(15-28)16-29-26(33-25)30-21-6-8-22(9-7-21)35-14-13-34(3)18(2)17-35/h5-10,16,18,36H,4,11-14,17H2,1-3H3,(H2,29,30,31,32,33). The van der Waals surface area contributed by atoms with Gasteiger partial charge in [-0.1, -0.05) is 13.0 Å². The molecule has 1 fully saturated rings. The van der Waals surface area contributed by atoms with Crippen molar-refractivity contribution in [1.82, 2.24) is 19.9 Å². The van der Waals surface area contributed by atoms with Crippen molar-refractivity contribution in [2.75, 3.05) is 42.2 Å². The van der Waals surface area contributed by atoms with Gasteiger partial charge in [0.15, 0.2) is 5.82 Å². The quantitative estimate of drug-likeness (QED) is 0.479. The maximum atomic E-state index is 10.9. The number of hydrogen-bond donors (Lipinski definition) is 3. The zero-order chi connectivity index (χ0) is 25.3. The van der Waals surface area contributed by atoms with Crippen LogP contribution in [0.15, 0.2) is 42.6 Å². The van der Waals surface area contributed by atoms with Gasteiger partial charge in [-0.15, -0.1) is 0 Å². The number of fused-ring (bicyclic) bond motifs is 1. The lowest BCUT2D eigenvalue weighted by Crippen LogP contribution is -2.50. The van der Waals surface area contributed by atoms with Crippen LogP contribution in [0.4, 0.5) is 29.0 Å². The van der Waals surface area contributed by atoms with E-state index in [2.05, 4.69) is 67.6 Å². The van der Waals surface area contributed by atoms with Crippen LogP contribution in [-0.4, -0.2) is 57.7 Å². The molecule has 9 heteroatoms. The molecule has 2 atom stereocenters. The summed E-state index contributed by atoms with van der Waals surface area (Å²) in [6.45, 7) is 7.27. The molecule has 5 rings (SSSR count). The second-order valence-corrected chi connectivity index (χ2v) is 9.73. The van der Waals surface area contributed by atoms with Crippen LogP contribution < -0.4 is 15.5 Å². The highest BCUT2D eigenvalue weighted by Crippen LogP contribution is 2.38. The highest BCUT2D eigenvalue weighted by atomic mass is 16.3. The van der Waals surface area contributed by atoms with Crippen LogP contribution >= 0.6 is 0 Å². The Morgan fingerprint density at radius 2 is 1.94 bits per heavy atom. The topological polar surface area (TPSA) is 113 Å². The van der Waals surface area contributed by atoms with Crippen LogP contribution in [-0.2, 0) is 12.0 Å². The maximum Gasteiger partial charge on any atom is 0.229 e. The van der Waals surface area contributed by atoms with Gasteiger partial charge in [-0.2, -0.15) is 10.2 Å². The zero-order valence-electron chi connectivity index (χ0n) is 21.0. The Morgan fingerprint density at radius 3 is 2.67 bits per heavy atom. The van der Waals surface area contributed by atoms with Gasteiger partial charge in [0.05, 0.1) is 11.9 Å². The average molecular weight is 485 g/mol.